The molecule has 9 aromatic rings. The highest BCUT2D eigenvalue weighted by Crippen LogP contribution is 2.56. The van der Waals surface area contributed by atoms with E-state index in [9.17, 15) is 9.59 Å². The Morgan fingerprint density at radius 2 is 1.67 bits per heavy atom. The van der Waals surface area contributed by atoms with Gasteiger partial charge in [0.15, 0.2) is 5.82 Å². The lowest BCUT2D eigenvalue weighted by molar-refractivity contribution is 0.0721. The zero-order valence-electron chi connectivity index (χ0n) is 33.9. The van der Waals surface area contributed by atoms with E-state index in [4.69, 9.17) is 9.62 Å². The van der Waals surface area contributed by atoms with E-state index in [0.29, 0.717) is 64.8 Å². The number of halogens is 1. The number of aromatic amines is 1. The van der Waals surface area contributed by atoms with Crippen LogP contribution in [0.3, 0.4) is 0 Å². The Balaban J connectivity index is 1.05. The molecule has 6 aromatic heterocycles. The number of nitrogens with zero attached hydrogens (tertiary/aromatic N) is 11. The van der Waals surface area contributed by atoms with Crippen molar-refractivity contribution >= 4 is 27.7 Å². The van der Waals surface area contributed by atoms with E-state index in [-0.39, 0.29) is 29.9 Å². The van der Waals surface area contributed by atoms with Gasteiger partial charge in [-0.05, 0) is 91.9 Å². The van der Waals surface area contributed by atoms with Crippen molar-refractivity contribution in [3.63, 3.8) is 0 Å². The molecule has 1 aliphatic heterocycles. The molecule has 306 valence electrons. The van der Waals surface area contributed by atoms with Gasteiger partial charge in [0.25, 0.3) is 5.91 Å². The highest BCUT2D eigenvalue weighted by atomic mass is 19.1. The second kappa shape index (κ2) is 13.0. The smallest absolute Gasteiger partial charge is 0.332 e. The Kier molecular flexibility index (Phi) is 7.76. The van der Waals surface area contributed by atoms with Crippen molar-refractivity contribution in [3.05, 3.63) is 146 Å². The van der Waals surface area contributed by atoms with E-state index in [1.54, 1.807) is 78.8 Å². The third-order valence-electron chi connectivity index (χ3n) is 12.6. The maximum atomic E-state index is 15.2. The molecule has 7 heterocycles. The molecule has 0 saturated heterocycles. The Bertz CT molecular complexity index is 3380. The molecule has 0 bridgehead atoms. The van der Waals surface area contributed by atoms with Gasteiger partial charge in [0.1, 0.15) is 22.9 Å². The van der Waals surface area contributed by atoms with Gasteiger partial charge < -0.3 is 9.47 Å². The maximum absolute atomic E-state index is 15.2. The zero-order valence-corrected chi connectivity index (χ0v) is 33.9. The lowest BCUT2D eigenvalue weighted by atomic mass is 10.1. The molecule has 61 heavy (non-hydrogen) atoms. The van der Waals surface area contributed by atoms with Crippen molar-refractivity contribution in [3.8, 4) is 28.5 Å². The number of H-pyrrole nitrogens is 1. The van der Waals surface area contributed by atoms with Crippen molar-refractivity contribution in [1.82, 2.24) is 58.1 Å². The average molecular weight is 819 g/mol. The summed E-state index contributed by atoms with van der Waals surface area (Å²) in [7, 11) is 3.75. The number of carbonyl (C=O) groups is 1. The molecule has 0 unspecified atom stereocenters. The standard InChI is InChI=1S/C44H39FN12O4/c1-24-16-31(17-25(2)38(24)45)57-39(55-15-14-54(43(55)60)30-7-9-34-29(19-30)22-47-52(34)5)32-23-53(13-11-33(32)49-57)40(58)37-20-28-18-27(35-10-12-46-51(35)4)6-8-36(28)56(37)44(21-26(44)3)41-48-42(59)61-50-41/h6-10,12,14-20,22,26H,11,13,21,23H2,1-5H3,(H,48,50,59)/t26-,44-/m0/s1. The van der Waals surface area contributed by atoms with Gasteiger partial charge in [-0.15, -0.1) is 0 Å². The largest absolute Gasteiger partial charge is 0.438 e. The molecular formula is C44H39FN12O4. The number of amides is 1. The van der Waals surface area contributed by atoms with Crippen molar-refractivity contribution in [2.24, 2.45) is 20.0 Å². The first-order chi connectivity index (χ1) is 29.4. The van der Waals surface area contributed by atoms with Crippen LogP contribution in [0, 0.1) is 25.6 Å². The van der Waals surface area contributed by atoms with E-state index in [1.807, 2.05) is 67.2 Å². The van der Waals surface area contributed by atoms with Crippen LogP contribution in [0.2, 0.25) is 0 Å². The van der Waals surface area contributed by atoms with E-state index in [0.717, 1.165) is 38.8 Å². The van der Waals surface area contributed by atoms with E-state index < -0.39 is 11.3 Å². The van der Waals surface area contributed by atoms with Crippen LogP contribution < -0.4 is 11.4 Å². The van der Waals surface area contributed by atoms with E-state index in [2.05, 4.69) is 27.3 Å². The summed E-state index contributed by atoms with van der Waals surface area (Å²) in [4.78, 5) is 46.7. The summed E-state index contributed by atoms with van der Waals surface area (Å²) in [5, 5.41) is 19.6. The van der Waals surface area contributed by atoms with E-state index >= 15 is 9.18 Å². The highest BCUT2D eigenvalue weighted by Gasteiger charge is 2.59. The lowest BCUT2D eigenvalue weighted by Crippen LogP contribution is -2.39. The number of carbonyl (C=O) groups excluding carboxylic acids is 1. The first-order valence-corrected chi connectivity index (χ1v) is 20.0. The fraction of sp³-hybridized carbons (Fsp3) is 0.250. The second-order valence-corrected chi connectivity index (χ2v) is 16.3. The molecule has 1 saturated carbocycles. The second-order valence-electron chi connectivity index (χ2n) is 16.3. The summed E-state index contributed by atoms with van der Waals surface area (Å²) in [6.07, 6.45) is 7.92. The first-order valence-electron chi connectivity index (χ1n) is 20.0. The SMILES string of the molecule is Cc1cc(-n2nc3c(c2-n2ccn(-c4ccc5c(cnn5C)c4)c2=O)CN(C(=O)c2cc4cc(-c5ccnn5C)ccc4n2[C@@]2(c4noc(=O)[nH]4)C[C@@H]2C)CC3)cc(C)c1F. The molecule has 3 aromatic carbocycles. The summed E-state index contributed by atoms with van der Waals surface area (Å²) in [5.41, 5.74) is 6.36. The van der Waals surface area contributed by atoms with Crippen LogP contribution in [0.1, 0.15) is 52.0 Å². The van der Waals surface area contributed by atoms with Gasteiger partial charge >= 0.3 is 11.4 Å². The molecule has 0 radical (unpaired) electrons. The minimum absolute atomic E-state index is 0.0161. The molecule has 1 aliphatic carbocycles. The van der Waals surface area contributed by atoms with Crippen molar-refractivity contribution in [2.45, 2.75) is 45.7 Å². The Morgan fingerprint density at radius 3 is 2.39 bits per heavy atom. The molecule has 2 aliphatic rings. The number of hydrogen-bond acceptors (Lipinski definition) is 8. The molecule has 0 spiro atoms. The summed E-state index contributed by atoms with van der Waals surface area (Å²) in [5.74, 6) is -0.394. The summed E-state index contributed by atoms with van der Waals surface area (Å²) < 4.78 is 30.4. The molecule has 2 atom stereocenters. The van der Waals surface area contributed by atoms with Gasteiger partial charge in [0.2, 0.25) is 0 Å². The molecule has 1 amide bonds. The molecule has 11 rings (SSSR count). The number of hydrogen-bond donors (Lipinski definition) is 1. The number of fused-ring (bicyclic) bond motifs is 3. The van der Waals surface area contributed by atoms with Crippen LogP contribution in [-0.4, -0.2) is 70.5 Å². The third kappa shape index (κ3) is 5.38. The number of nitrogens with one attached hydrogen (secondary N) is 1. The average Bonchev–Trinajstić information content (AvgIpc) is 3.98. The van der Waals surface area contributed by atoms with Crippen LogP contribution in [0.15, 0.2) is 99.6 Å². The van der Waals surface area contributed by atoms with Gasteiger partial charge in [-0.25, -0.2) is 18.7 Å². The number of rotatable bonds is 7. The third-order valence-corrected chi connectivity index (χ3v) is 12.6. The highest BCUT2D eigenvalue weighted by molar-refractivity contribution is 6.00. The predicted molar refractivity (Wildman–Crippen MR) is 223 cm³/mol. The molecule has 1 N–H and O–H groups in total. The quantitative estimate of drug-likeness (QED) is 0.221. The summed E-state index contributed by atoms with van der Waals surface area (Å²) in [6, 6.07) is 19.0. The molecule has 17 heteroatoms. The predicted octanol–water partition coefficient (Wildman–Crippen LogP) is 5.47. The Hall–Kier alpha value is -7.56. The van der Waals surface area contributed by atoms with Gasteiger partial charge in [-0.3, -0.25) is 32.8 Å². The number of benzene rings is 3. The van der Waals surface area contributed by atoms with Gasteiger partial charge in [0.05, 0.1) is 41.0 Å². The minimum atomic E-state index is -0.836. The Labute approximate surface area is 345 Å². The molecule has 16 nitrogen and oxygen atoms in total. The van der Waals surface area contributed by atoms with Crippen molar-refractivity contribution < 1.29 is 13.7 Å². The molecular weight excluding hydrogens is 780 g/mol. The molecule has 1 fully saturated rings. The normalized spacial score (nSPS) is 17.5. The van der Waals surface area contributed by atoms with Gasteiger partial charge in [0, 0.05) is 73.1 Å². The zero-order chi connectivity index (χ0) is 42.1. The summed E-state index contributed by atoms with van der Waals surface area (Å²) >= 11 is 0. The number of aromatic nitrogens is 11. The van der Waals surface area contributed by atoms with Crippen molar-refractivity contribution in [2.75, 3.05) is 6.54 Å². The van der Waals surface area contributed by atoms with Crippen LogP contribution in [0.4, 0.5) is 4.39 Å². The fourth-order valence-electron chi connectivity index (χ4n) is 9.39. The van der Waals surface area contributed by atoms with Crippen LogP contribution >= 0.6 is 0 Å². The topological polar surface area (TPSA) is 165 Å². The number of imidazole rings is 1. The number of aryl methyl sites for hydroxylation is 4. The summed E-state index contributed by atoms with van der Waals surface area (Å²) in [6.45, 7) is 5.94. The first kappa shape index (κ1) is 36.5. The minimum Gasteiger partial charge on any atom is -0.332 e. The van der Waals surface area contributed by atoms with Gasteiger partial charge in [-0.1, -0.05) is 18.1 Å². The van der Waals surface area contributed by atoms with Gasteiger partial charge in [-0.2, -0.15) is 15.3 Å². The van der Waals surface area contributed by atoms with Crippen LogP contribution in [-0.2, 0) is 32.6 Å². The monoisotopic (exact) mass is 818 g/mol. The fourth-order valence-corrected chi connectivity index (χ4v) is 9.39. The van der Waals surface area contributed by atoms with Crippen LogP contribution in [0.25, 0.3) is 50.3 Å². The van der Waals surface area contributed by atoms with Crippen LogP contribution in [0.5, 0.6) is 0 Å². The van der Waals surface area contributed by atoms with Crippen molar-refractivity contribution in [1.29, 1.82) is 0 Å². The lowest BCUT2D eigenvalue weighted by Gasteiger charge is -2.29. The maximum Gasteiger partial charge on any atom is 0.438 e. The van der Waals surface area contributed by atoms with E-state index in [1.165, 1.54) is 0 Å². The Morgan fingerprint density at radius 1 is 0.902 bits per heavy atom.